The van der Waals surface area contributed by atoms with Crippen molar-refractivity contribution >= 4 is 0 Å². The molecule has 1 aromatic rings. The van der Waals surface area contributed by atoms with Gasteiger partial charge in [-0.05, 0) is 23.8 Å². The monoisotopic (exact) mass is 276 g/mol. The van der Waals surface area contributed by atoms with Gasteiger partial charge in [-0.25, -0.2) is 0 Å². The molecule has 0 aliphatic carbocycles. The van der Waals surface area contributed by atoms with E-state index in [9.17, 15) is 26.3 Å². The number of alkyl halides is 6. The maximum Gasteiger partial charge on any atom is 0.416 e. The molecule has 1 rings (SSSR count). The minimum absolute atomic E-state index is 0.0131. The van der Waals surface area contributed by atoms with Gasteiger partial charge in [-0.3, -0.25) is 0 Å². The van der Waals surface area contributed by atoms with E-state index in [-0.39, 0.29) is 6.07 Å². The summed E-state index contributed by atoms with van der Waals surface area (Å²) >= 11 is 0. The third-order valence-corrected chi connectivity index (χ3v) is 1.83. The molecule has 0 bridgehead atoms. The van der Waals surface area contributed by atoms with Crippen LogP contribution in [0.1, 0.15) is 16.7 Å². The first kappa shape index (κ1) is 16.7. The third kappa shape index (κ3) is 4.53. The zero-order chi connectivity index (χ0) is 14.6. The highest BCUT2D eigenvalue weighted by Crippen LogP contribution is 2.36. The van der Waals surface area contributed by atoms with E-state index < -0.39 is 35.6 Å². The molecule has 104 valence electrons. The quantitative estimate of drug-likeness (QED) is 0.774. The molecule has 0 saturated carbocycles. The van der Waals surface area contributed by atoms with Crippen LogP contribution in [0.3, 0.4) is 0 Å². The Bertz CT molecular complexity index is 351. The molecule has 1 aromatic carbocycles. The molecule has 0 heterocycles. The van der Waals surface area contributed by atoms with Gasteiger partial charge < -0.3 is 10.2 Å². The van der Waals surface area contributed by atoms with Crippen molar-refractivity contribution in [2.75, 3.05) is 7.11 Å². The summed E-state index contributed by atoms with van der Waals surface area (Å²) in [6.07, 6.45) is -9.74. The number of aliphatic hydroxyl groups excluding tert-OH is 2. The Morgan fingerprint density at radius 1 is 0.833 bits per heavy atom. The van der Waals surface area contributed by atoms with Gasteiger partial charge in [0, 0.05) is 7.11 Å². The van der Waals surface area contributed by atoms with Crippen molar-refractivity contribution in [2.24, 2.45) is 0 Å². The molecule has 2 N–H and O–H groups in total. The summed E-state index contributed by atoms with van der Waals surface area (Å²) in [4.78, 5) is 0. The number of benzene rings is 1. The van der Waals surface area contributed by atoms with E-state index in [0.717, 1.165) is 7.11 Å². The molecule has 0 spiro atoms. The van der Waals surface area contributed by atoms with Gasteiger partial charge in [0.1, 0.15) is 0 Å². The topological polar surface area (TPSA) is 40.5 Å². The Hall–Kier alpha value is -1.28. The summed E-state index contributed by atoms with van der Waals surface area (Å²) in [5, 5.41) is 15.6. The van der Waals surface area contributed by atoms with Crippen LogP contribution in [0.15, 0.2) is 18.2 Å². The van der Waals surface area contributed by atoms with Crippen LogP contribution in [-0.2, 0) is 19.0 Å². The van der Waals surface area contributed by atoms with E-state index in [1.807, 2.05) is 0 Å². The van der Waals surface area contributed by atoms with Crippen molar-refractivity contribution in [1.82, 2.24) is 0 Å². The van der Waals surface area contributed by atoms with Gasteiger partial charge in [0.25, 0.3) is 0 Å². The second-order valence-electron chi connectivity index (χ2n) is 3.07. The first-order valence-electron chi connectivity index (χ1n) is 4.48. The molecule has 18 heavy (non-hydrogen) atoms. The Balaban J connectivity index is 0.00000137. The maximum atomic E-state index is 12.2. The molecule has 0 aromatic heterocycles. The molecule has 0 atom stereocenters. The number of hydrogen-bond donors (Lipinski definition) is 2. The molecule has 0 aliphatic rings. The summed E-state index contributed by atoms with van der Waals surface area (Å²) in [6.45, 7) is -0.882. The fourth-order valence-corrected chi connectivity index (χ4v) is 1.11. The number of halogens is 6. The highest BCUT2D eigenvalue weighted by atomic mass is 19.4. The number of aliphatic hydroxyl groups is 2. The highest BCUT2D eigenvalue weighted by molar-refractivity contribution is 5.33. The summed E-state index contributed by atoms with van der Waals surface area (Å²) in [6, 6.07) is 0.976. The van der Waals surface area contributed by atoms with Gasteiger partial charge in [0.15, 0.2) is 0 Å². The van der Waals surface area contributed by atoms with Crippen molar-refractivity contribution in [3.8, 4) is 0 Å². The fraction of sp³-hybridized carbons (Fsp3) is 0.400. The van der Waals surface area contributed by atoms with Crippen molar-refractivity contribution in [3.05, 3.63) is 34.9 Å². The Morgan fingerprint density at radius 3 is 1.39 bits per heavy atom. The first-order chi connectivity index (χ1) is 8.14. The average Bonchev–Trinajstić information content (AvgIpc) is 2.29. The minimum Gasteiger partial charge on any atom is -0.400 e. The van der Waals surface area contributed by atoms with Gasteiger partial charge in [0.2, 0.25) is 0 Å². The van der Waals surface area contributed by atoms with E-state index in [2.05, 4.69) is 0 Å². The lowest BCUT2D eigenvalue weighted by molar-refractivity contribution is -0.143. The summed E-state index contributed by atoms with van der Waals surface area (Å²) < 4.78 is 73.3. The molecular formula is C10H10F6O2. The third-order valence-electron chi connectivity index (χ3n) is 1.83. The van der Waals surface area contributed by atoms with Crippen LogP contribution >= 0.6 is 0 Å². The molecule has 0 amide bonds. The lowest BCUT2D eigenvalue weighted by Gasteiger charge is -2.13. The van der Waals surface area contributed by atoms with Gasteiger partial charge >= 0.3 is 12.4 Å². The largest absolute Gasteiger partial charge is 0.416 e. The first-order valence-corrected chi connectivity index (χ1v) is 4.48. The fourth-order valence-electron chi connectivity index (χ4n) is 1.11. The van der Waals surface area contributed by atoms with Crippen LogP contribution in [0.5, 0.6) is 0 Å². The molecular weight excluding hydrogens is 266 g/mol. The van der Waals surface area contributed by atoms with E-state index in [1.54, 1.807) is 0 Å². The smallest absolute Gasteiger partial charge is 0.400 e. The summed E-state index contributed by atoms with van der Waals surface area (Å²) in [5.41, 5.74) is -3.28. The Labute approximate surface area is 98.5 Å². The van der Waals surface area contributed by atoms with Crippen LogP contribution < -0.4 is 0 Å². The molecule has 8 heteroatoms. The maximum absolute atomic E-state index is 12.2. The summed E-state index contributed by atoms with van der Waals surface area (Å²) in [5.74, 6) is 0. The minimum atomic E-state index is -4.87. The van der Waals surface area contributed by atoms with Crippen molar-refractivity contribution in [1.29, 1.82) is 0 Å². The van der Waals surface area contributed by atoms with E-state index >= 15 is 0 Å². The molecule has 0 aliphatic heterocycles. The van der Waals surface area contributed by atoms with Crippen molar-refractivity contribution in [3.63, 3.8) is 0 Å². The lowest BCUT2D eigenvalue weighted by atomic mass is 10.1. The van der Waals surface area contributed by atoms with E-state index in [4.69, 9.17) is 10.2 Å². The van der Waals surface area contributed by atoms with Crippen LogP contribution in [0.2, 0.25) is 0 Å². The highest BCUT2D eigenvalue weighted by Gasteiger charge is 2.36. The average molecular weight is 276 g/mol. The van der Waals surface area contributed by atoms with Crippen LogP contribution in [-0.4, -0.2) is 17.3 Å². The van der Waals surface area contributed by atoms with E-state index in [1.165, 1.54) is 0 Å². The molecule has 2 nitrogen and oxygen atoms in total. The van der Waals surface area contributed by atoms with Crippen LogP contribution in [0.4, 0.5) is 26.3 Å². The lowest BCUT2D eigenvalue weighted by Crippen LogP contribution is -2.11. The van der Waals surface area contributed by atoms with Gasteiger partial charge in [0.05, 0.1) is 17.7 Å². The van der Waals surface area contributed by atoms with E-state index in [0.29, 0.717) is 12.1 Å². The zero-order valence-electron chi connectivity index (χ0n) is 9.10. The van der Waals surface area contributed by atoms with Gasteiger partial charge in [-0.15, -0.1) is 0 Å². The normalized spacial score (nSPS) is 11.8. The second-order valence-corrected chi connectivity index (χ2v) is 3.07. The molecule has 0 saturated heterocycles. The van der Waals surface area contributed by atoms with Gasteiger partial charge in [-0.1, -0.05) is 0 Å². The summed E-state index contributed by atoms with van der Waals surface area (Å²) in [7, 11) is 1.00. The van der Waals surface area contributed by atoms with Gasteiger partial charge in [-0.2, -0.15) is 26.3 Å². The molecule has 0 fully saturated rings. The SMILES string of the molecule is CO.OCc1cc(C(F)(F)F)cc(C(F)(F)F)c1. The van der Waals surface area contributed by atoms with Crippen LogP contribution in [0.25, 0.3) is 0 Å². The van der Waals surface area contributed by atoms with Crippen LogP contribution in [0, 0.1) is 0 Å². The molecule has 0 radical (unpaired) electrons. The Morgan fingerprint density at radius 2 is 1.17 bits per heavy atom. The number of rotatable bonds is 1. The zero-order valence-corrected chi connectivity index (χ0v) is 9.10. The second kappa shape index (κ2) is 6.05. The predicted molar refractivity (Wildman–Crippen MR) is 50.5 cm³/mol. The predicted octanol–water partition coefficient (Wildman–Crippen LogP) is 2.83. The van der Waals surface area contributed by atoms with Crippen molar-refractivity contribution < 1.29 is 36.6 Å². The molecule has 0 unspecified atom stereocenters. The Kier molecular flexibility index (Phi) is 5.62. The van der Waals surface area contributed by atoms with Crippen molar-refractivity contribution in [2.45, 2.75) is 19.0 Å². The standard InChI is InChI=1S/C9H6F6O.CH4O/c10-8(11,12)6-1-5(4-16)2-7(3-6)9(13,14)15;1-2/h1-3,16H,4H2;2H,1H3. The number of hydrogen-bond acceptors (Lipinski definition) is 2.